The van der Waals surface area contributed by atoms with Crippen LogP contribution in [0, 0.1) is 40.9 Å². The van der Waals surface area contributed by atoms with Gasteiger partial charge in [-0.2, -0.15) is 0 Å². The minimum Gasteiger partial charge on any atom is -0.480 e. The summed E-state index contributed by atoms with van der Waals surface area (Å²) in [6.07, 6.45) is 14.7. The van der Waals surface area contributed by atoms with Crippen LogP contribution in [-0.4, -0.2) is 68.7 Å². The van der Waals surface area contributed by atoms with Gasteiger partial charge in [-0.25, -0.2) is 4.79 Å². The number of allylic oxidation sites excluding steroid dienone is 2. The molecule has 3 saturated carbocycles. The third-order valence-electron chi connectivity index (χ3n) is 10.6. The van der Waals surface area contributed by atoms with E-state index in [4.69, 9.17) is 11.3 Å². The third-order valence-corrected chi connectivity index (χ3v) is 10.6. The molecule has 1 heterocycles. The van der Waals surface area contributed by atoms with Gasteiger partial charge < -0.3 is 25.1 Å². The lowest BCUT2D eigenvalue weighted by molar-refractivity contribution is -0.150. The molecular formula is C28H38N2O6. The molecule has 8 nitrogen and oxygen atoms in total. The van der Waals surface area contributed by atoms with Crippen LogP contribution in [-0.2, 0) is 14.4 Å². The number of β-amino-alcohol motifs (C(OH)–C–C–N with tert-alkyl or cyclic N) is 1. The molecule has 0 aromatic heterocycles. The first kappa shape index (κ1) is 25.3. The maximum Gasteiger partial charge on any atom is 0.326 e. The van der Waals surface area contributed by atoms with Crippen LogP contribution < -0.4 is 0 Å². The van der Waals surface area contributed by atoms with E-state index >= 15 is 0 Å². The lowest BCUT2D eigenvalue weighted by Crippen LogP contribution is -2.54. The summed E-state index contributed by atoms with van der Waals surface area (Å²) in [7, 11) is 0. The van der Waals surface area contributed by atoms with E-state index in [-0.39, 0.29) is 30.4 Å². The minimum atomic E-state index is -1.12. The highest BCUT2D eigenvalue weighted by atomic mass is 16.6. The van der Waals surface area contributed by atoms with E-state index in [1.54, 1.807) is 0 Å². The molecule has 0 spiro atoms. The SMILES string of the molecule is C#C[C@@]1(O)CC[C@@H]2[C@@H]3CCC4=C/C(=N\OCC(=O)N5C[C@@H](O)C[C@H]5C(=O)O)CC[C@]4(C)[C@H]3CC[C@@]21C. The van der Waals surface area contributed by atoms with Crippen molar-refractivity contribution in [3.8, 4) is 12.3 Å². The zero-order valence-electron chi connectivity index (χ0n) is 21.3. The number of nitrogens with zero attached hydrogens (tertiary/aromatic N) is 2. The van der Waals surface area contributed by atoms with Crippen LogP contribution in [0.4, 0.5) is 0 Å². The number of carbonyl (C=O) groups excluding carboxylic acids is 1. The predicted octanol–water partition coefficient (Wildman–Crippen LogP) is 2.73. The number of carbonyl (C=O) groups is 2. The van der Waals surface area contributed by atoms with E-state index in [1.165, 1.54) is 5.57 Å². The average molecular weight is 499 g/mol. The van der Waals surface area contributed by atoms with Crippen molar-refractivity contribution in [1.29, 1.82) is 0 Å². The topological polar surface area (TPSA) is 120 Å². The molecule has 0 aromatic rings. The Labute approximate surface area is 212 Å². The summed E-state index contributed by atoms with van der Waals surface area (Å²) in [5.41, 5.74) is 1.11. The molecule has 0 unspecified atom stereocenters. The Morgan fingerprint density at radius 2 is 1.94 bits per heavy atom. The average Bonchev–Trinajstić information content (AvgIpc) is 3.37. The summed E-state index contributed by atoms with van der Waals surface area (Å²) in [6.45, 7) is 4.25. The summed E-state index contributed by atoms with van der Waals surface area (Å²) < 4.78 is 0. The second-order valence-corrected chi connectivity index (χ2v) is 12.1. The molecule has 8 heteroatoms. The van der Waals surface area contributed by atoms with Crippen LogP contribution in [0.5, 0.6) is 0 Å². The van der Waals surface area contributed by atoms with Crippen molar-refractivity contribution in [3.63, 3.8) is 0 Å². The van der Waals surface area contributed by atoms with Crippen LogP contribution in [0.1, 0.15) is 71.6 Å². The number of carboxylic acid groups (broad SMARTS) is 1. The standard InChI is InChI=1S/C28H38N2O6/c1-4-28(35)12-9-22-20-6-5-17-13-18(7-10-26(17,2)21(20)8-11-27(22,28)3)29-36-16-24(32)30-15-19(31)14-23(30)25(33)34/h1,13,19-23,31,35H,5-12,14-16H2,2-3H3,(H,33,34)/b29-18-/t19-,20+,21-,22+,23-,26-,27-,28+/m0/s1. The van der Waals surface area contributed by atoms with Gasteiger partial charge in [0.15, 0.2) is 6.61 Å². The molecule has 1 aliphatic heterocycles. The fourth-order valence-electron chi connectivity index (χ4n) is 8.47. The van der Waals surface area contributed by atoms with Crippen molar-refractivity contribution in [2.45, 2.75) is 89.4 Å². The van der Waals surface area contributed by atoms with Crippen LogP contribution >= 0.6 is 0 Å². The van der Waals surface area contributed by atoms with E-state index in [9.17, 15) is 24.9 Å². The van der Waals surface area contributed by atoms with Crippen LogP contribution in [0.25, 0.3) is 0 Å². The number of oxime groups is 1. The highest BCUT2D eigenvalue weighted by Gasteiger charge is 2.63. The quantitative estimate of drug-likeness (QED) is 0.405. The van der Waals surface area contributed by atoms with E-state index in [0.29, 0.717) is 24.2 Å². The predicted molar refractivity (Wildman–Crippen MR) is 133 cm³/mol. The number of carboxylic acids is 1. The summed E-state index contributed by atoms with van der Waals surface area (Å²) in [5, 5.41) is 34.5. The van der Waals surface area contributed by atoms with Crippen molar-refractivity contribution >= 4 is 17.6 Å². The van der Waals surface area contributed by atoms with E-state index in [0.717, 1.165) is 55.6 Å². The second kappa shape index (κ2) is 8.88. The molecule has 36 heavy (non-hydrogen) atoms. The highest BCUT2D eigenvalue weighted by Crippen LogP contribution is 2.67. The van der Waals surface area contributed by atoms with Gasteiger partial charge in [0, 0.05) is 18.4 Å². The number of amides is 1. The Kier molecular flexibility index (Phi) is 6.24. The maximum absolute atomic E-state index is 12.5. The molecule has 1 amide bonds. The number of terminal acetylenes is 1. The fourth-order valence-corrected chi connectivity index (χ4v) is 8.47. The molecule has 0 radical (unpaired) electrons. The Bertz CT molecular complexity index is 1050. The van der Waals surface area contributed by atoms with Gasteiger partial charge in [-0.05, 0) is 80.6 Å². The zero-order valence-corrected chi connectivity index (χ0v) is 21.3. The van der Waals surface area contributed by atoms with E-state index in [1.807, 2.05) is 0 Å². The lowest BCUT2D eigenvalue weighted by Gasteiger charge is -2.58. The smallest absolute Gasteiger partial charge is 0.326 e. The summed E-state index contributed by atoms with van der Waals surface area (Å²) >= 11 is 0. The normalized spacial score (nSPS) is 44.8. The van der Waals surface area contributed by atoms with Gasteiger partial charge in [-0.1, -0.05) is 30.5 Å². The van der Waals surface area contributed by atoms with Gasteiger partial charge in [0.25, 0.3) is 5.91 Å². The first-order valence-corrected chi connectivity index (χ1v) is 13.3. The number of aliphatic carboxylic acids is 1. The number of aliphatic hydroxyl groups is 2. The molecule has 4 aliphatic carbocycles. The van der Waals surface area contributed by atoms with Crippen LogP contribution in [0.3, 0.4) is 0 Å². The third kappa shape index (κ3) is 3.78. The molecule has 5 aliphatic rings. The molecule has 0 bridgehead atoms. The Morgan fingerprint density at radius 3 is 2.67 bits per heavy atom. The molecule has 5 rings (SSSR count). The van der Waals surface area contributed by atoms with Crippen molar-refractivity contribution in [2.24, 2.45) is 33.7 Å². The number of aliphatic hydroxyl groups excluding tert-OH is 1. The molecular weight excluding hydrogens is 460 g/mol. The van der Waals surface area contributed by atoms with Gasteiger partial charge in [0.05, 0.1) is 11.8 Å². The molecule has 4 fully saturated rings. The Hall–Kier alpha value is -2.37. The number of hydrogen-bond donors (Lipinski definition) is 3. The van der Waals surface area contributed by atoms with Crippen LogP contribution in [0.15, 0.2) is 16.8 Å². The minimum absolute atomic E-state index is 0.000520. The summed E-state index contributed by atoms with van der Waals surface area (Å²) in [5.74, 6) is 2.73. The van der Waals surface area contributed by atoms with Gasteiger partial charge in [0.1, 0.15) is 11.6 Å². The molecule has 196 valence electrons. The zero-order chi connectivity index (χ0) is 25.9. The highest BCUT2D eigenvalue weighted by molar-refractivity contribution is 5.96. The molecule has 3 N–H and O–H groups in total. The summed E-state index contributed by atoms with van der Waals surface area (Å²) in [6, 6.07) is -1.02. The molecule has 1 saturated heterocycles. The van der Waals surface area contributed by atoms with Gasteiger partial charge >= 0.3 is 5.97 Å². The number of fused-ring (bicyclic) bond motifs is 5. The largest absolute Gasteiger partial charge is 0.480 e. The maximum atomic E-state index is 12.5. The van der Waals surface area contributed by atoms with E-state index < -0.39 is 29.6 Å². The van der Waals surface area contributed by atoms with E-state index in [2.05, 4.69) is 31.0 Å². The van der Waals surface area contributed by atoms with Crippen molar-refractivity contribution in [3.05, 3.63) is 11.6 Å². The van der Waals surface area contributed by atoms with Crippen LogP contribution in [0.2, 0.25) is 0 Å². The summed E-state index contributed by atoms with van der Waals surface area (Å²) in [4.78, 5) is 30.4. The second-order valence-electron chi connectivity index (χ2n) is 12.1. The van der Waals surface area contributed by atoms with Gasteiger partial charge in [0.2, 0.25) is 0 Å². The first-order valence-electron chi connectivity index (χ1n) is 13.3. The fraction of sp³-hybridized carbons (Fsp3) is 0.750. The van der Waals surface area contributed by atoms with Crippen molar-refractivity contribution in [1.82, 2.24) is 4.90 Å². The first-order chi connectivity index (χ1) is 17.0. The van der Waals surface area contributed by atoms with Crippen molar-refractivity contribution in [2.75, 3.05) is 13.2 Å². The van der Waals surface area contributed by atoms with Gasteiger partial charge in [-0.15, -0.1) is 6.42 Å². The lowest BCUT2D eigenvalue weighted by atomic mass is 9.46. The number of likely N-dealkylation sites (tertiary alicyclic amines) is 1. The Morgan fingerprint density at radius 1 is 1.19 bits per heavy atom. The van der Waals surface area contributed by atoms with Crippen molar-refractivity contribution < 1.29 is 29.7 Å². The Balaban J connectivity index is 1.25. The number of hydrogen-bond acceptors (Lipinski definition) is 6. The van der Waals surface area contributed by atoms with Gasteiger partial charge in [-0.3, -0.25) is 4.79 Å². The molecule has 8 atom stereocenters. The monoisotopic (exact) mass is 498 g/mol. The molecule has 0 aromatic carbocycles. The number of rotatable bonds is 4.